The molecule has 3 heterocycles. The Labute approximate surface area is 105 Å². The first kappa shape index (κ1) is 10.7. The van der Waals surface area contributed by atoms with Crippen molar-refractivity contribution in [2.45, 2.75) is 6.92 Å². The maximum Gasteiger partial charge on any atom is 0.260 e. The first-order valence-corrected chi connectivity index (χ1v) is 5.46. The number of nitriles is 1. The topological polar surface area (TPSA) is 86.8 Å². The Morgan fingerprint density at radius 3 is 3.06 bits per heavy atom. The normalized spacial score (nSPS) is 10.9. The number of pyridine rings is 1. The van der Waals surface area contributed by atoms with Gasteiger partial charge in [0, 0.05) is 6.07 Å². The molecule has 0 unspecified atom stereocenters. The van der Waals surface area contributed by atoms with E-state index in [2.05, 4.69) is 15.1 Å². The van der Waals surface area contributed by atoms with Crippen LogP contribution in [0, 0.1) is 18.3 Å². The van der Waals surface area contributed by atoms with Gasteiger partial charge in [0.15, 0.2) is 0 Å². The number of H-pyrrole nitrogens is 1. The van der Waals surface area contributed by atoms with Gasteiger partial charge in [-0.3, -0.25) is 4.79 Å². The molecule has 0 radical (unpaired) electrons. The summed E-state index contributed by atoms with van der Waals surface area (Å²) in [5.41, 5.74) is 1.45. The summed E-state index contributed by atoms with van der Waals surface area (Å²) in [7, 11) is 0. The predicted octanol–water partition coefficient (Wildman–Crippen LogP) is 1.40. The lowest BCUT2D eigenvalue weighted by molar-refractivity contribution is 0.947. The van der Waals surface area contributed by atoms with Gasteiger partial charge in [-0.15, -0.1) is 0 Å². The molecule has 7 heteroatoms. The number of aromatic amines is 1. The summed E-state index contributed by atoms with van der Waals surface area (Å²) < 4.78 is 1.54. The first-order chi connectivity index (χ1) is 8.61. The van der Waals surface area contributed by atoms with Crippen molar-refractivity contribution in [1.29, 1.82) is 5.26 Å². The van der Waals surface area contributed by atoms with Crippen LogP contribution >= 0.6 is 11.6 Å². The Hall–Kier alpha value is -2.39. The lowest BCUT2D eigenvalue weighted by Gasteiger charge is -2.02. The number of nitrogens with zero attached hydrogens (tertiary/aromatic N) is 4. The van der Waals surface area contributed by atoms with Gasteiger partial charge in [0.1, 0.15) is 22.4 Å². The Bertz CT molecular complexity index is 886. The second kappa shape index (κ2) is 3.55. The monoisotopic (exact) mass is 259 g/mol. The number of nitrogens with one attached hydrogen (secondary N) is 1. The van der Waals surface area contributed by atoms with E-state index >= 15 is 0 Å². The summed E-state index contributed by atoms with van der Waals surface area (Å²) in [5, 5.41) is 13.5. The van der Waals surface area contributed by atoms with E-state index in [0.29, 0.717) is 11.2 Å². The van der Waals surface area contributed by atoms with E-state index in [1.807, 2.05) is 13.0 Å². The van der Waals surface area contributed by atoms with Crippen LogP contribution in [0.1, 0.15) is 11.3 Å². The van der Waals surface area contributed by atoms with Gasteiger partial charge in [-0.1, -0.05) is 11.6 Å². The number of hydrogen-bond donors (Lipinski definition) is 1. The van der Waals surface area contributed by atoms with Crippen molar-refractivity contribution in [1.82, 2.24) is 19.6 Å². The molecular weight excluding hydrogens is 254 g/mol. The van der Waals surface area contributed by atoms with Gasteiger partial charge < -0.3 is 4.98 Å². The molecule has 88 valence electrons. The fourth-order valence-electron chi connectivity index (χ4n) is 1.92. The Morgan fingerprint density at radius 1 is 1.56 bits per heavy atom. The van der Waals surface area contributed by atoms with E-state index in [1.54, 1.807) is 6.07 Å². The molecule has 3 aromatic rings. The smallest absolute Gasteiger partial charge is 0.260 e. The quantitative estimate of drug-likeness (QED) is 0.618. The third-order valence-electron chi connectivity index (χ3n) is 2.65. The van der Waals surface area contributed by atoms with Gasteiger partial charge in [0.2, 0.25) is 0 Å². The highest BCUT2D eigenvalue weighted by Crippen LogP contribution is 2.20. The summed E-state index contributed by atoms with van der Waals surface area (Å²) in [6.07, 6.45) is 1.44. The van der Waals surface area contributed by atoms with Crippen LogP contribution in [0.25, 0.3) is 16.6 Å². The first-order valence-electron chi connectivity index (χ1n) is 5.09. The van der Waals surface area contributed by atoms with Gasteiger partial charge in [0.05, 0.1) is 22.8 Å². The second-order valence-corrected chi connectivity index (χ2v) is 4.19. The number of halogens is 1. The summed E-state index contributed by atoms with van der Waals surface area (Å²) in [5.74, 6) is 0. The van der Waals surface area contributed by atoms with Crippen LogP contribution < -0.4 is 5.56 Å². The van der Waals surface area contributed by atoms with Crippen molar-refractivity contribution in [3.05, 3.63) is 39.0 Å². The second-order valence-electron chi connectivity index (χ2n) is 3.83. The maximum atomic E-state index is 12.0. The highest BCUT2D eigenvalue weighted by atomic mass is 35.5. The lowest BCUT2D eigenvalue weighted by Crippen LogP contribution is -2.12. The minimum absolute atomic E-state index is 0.0127. The van der Waals surface area contributed by atoms with Gasteiger partial charge >= 0.3 is 0 Å². The summed E-state index contributed by atoms with van der Waals surface area (Å²) in [6.45, 7) is 1.81. The zero-order valence-electron chi connectivity index (χ0n) is 9.23. The van der Waals surface area contributed by atoms with Crippen molar-refractivity contribution < 1.29 is 0 Å². The Morgan fingerprint density at radius 2 is 2.33 bits per heavy atom. The average Bonchev–Trinajstić information content (AvgIpc) is 2.69. The van der Waals surface area contributed by atoms with Crippen LogP contribution in [-0.2, 0) is 0 Å². The summed E-state index contributed by atoms with van der Waals surface area (Å²) in [6, 6.07) is 3.63. The van der Waals surface area contributed by atoms with Crippen LogP contribution in [0.5, 0.6) is 0 Å². The number of aryl methyl sites for hydroxylation is 1. The Balaban J connectivity index is 2.68. The molecule has 6 nitrogen and oxygen atoms in total. The third-order valence-corrected chi connectivity index (χ3v) is 2.94. The molecule has 3 rings (SSSR count). The standard InChI is InChI=1S/C11H6ClN5O/c1-5-2-8-15-11(18)9-6(3-13)10(12)14-4-7(9)17(8)16-5/h2,4H,1H3,(H,15,18). The fourth-order valence-corrected chi connectivity index (χ4v) is 2.11. The van der Waals surface area contributed by atoms with Gasteiger partial charge in [-0.25, -0.2) is 9.50 Å². The number of rotatable bonds is 0. The molecule has 0 fully saturated rings. The van der Waals surface area contributed by atoms with Crippen molar-refractivity contribution in [3.63, 3.8) is 0 Å². The molecule has 0 aromatic carbocycles. The SMILES string of the molecule is Cc1cc2[nH]c(=O)c3c(C#N)c(Cl)ncc3n2n1. The van der Waals surface area contributed by atoms with Crippen LogP contribution in [0.2, 0.25) is 5.15 Å². The molecule has 0 saturated heterocycles. The van der Waals surface area contributed by atoms with E-state index in [1.165, 1.54) is 10.7 Å². The van der Waals surface area contributed by atoms with Crippen molar-refractivity contribution in [3.8, 4) is 6.07 Å². The molecule has 3 aromatic heterocycles. The molecule has 0 saturated carbocycles. The molecule has 0 amide bonds. The van der Waals surface area contributed by atoms with Crippen LogP contribution in [0.3, 0.4) is 0 Å². The molecular formula is C11H6ClN5O. The highest BCUT2D eigenvalue weighted by Gasteiger charge is 2.14. The highest BCUT2D eigenvalue weighted by molar-refractivity contribution is 6.31. The van der Waals surface area contributed by atoms with E-state index in [4.69, 9.17) is 16.9 Å². The maximum absolute atomic E-state index is 12.0. The lowest BCUT2D eigenvalue weighted by atomic mass is 10.2. The van der Waals surface area contributed by atoms with E-state index in [0.717, 1.165) is 5.69 Å². The molecule has 0 bridgehead atoms. The predicted molar refractivity (Wildman–Crippen MR) is 65.6 cm³/mol. The number of fused-ring (bicyclic) bond motifs is 3. The molecule has 0 aliphatic carbocycles. The van der Waals surface area contributed by atoms with Crippen LogP contribution in [0.15, 0.2) is 17.1 Å². The fraction of sp³-hybridized carbons (Fsp3) is 0.0909. The third kappa shape index (κ3) is 1.31. The molecule has 1 N–H and O–H groups in total. The van der Waals surface area contributed by atoms with Crippen molar-refractivity contribution >= 4 is 28.2 Å². The van der Waals surface area contributed by atoms with E-state index < -0.39 is 0 Å². The summed E-state index contributed by atoms with van der Waals surface area (Å²) >= 11 is 5.82. The van der Waals surface area contributed by atoms with Crippen LogP contribution in [0.4, 0.5) is 0 Å². The van der Waals surface area contributed by atoms with Crippen molar-refractivity contribution in [2.24, 2.45) is 0 Å². The molecule has 18 heavy (non-hydrogen) atoms. The average molecular weight is 260 g/mol. The minimum atomic E-state index is -0.377. The van der Waals surface area contributed by atoms with E-state index in [9.17, 15) is 4.79 Å². The Kier molecular flexibility index (Phi) is 2.12. The van der Waals surface area contributed by atoms with Gasteiger partial charge in [-0.2, -0.15) is 10.4 Å². The zero-order valence-corrected chi connectivity index (χ0v) is 9.99. The van der Waals surface area contributed by atoms with Gasteiger partial charge in [-0.05, 0) is 6.92 Å². The molecule has 0 aliphatic rings. The number of aromatic nitrogens is 4. The summed E-state index contributed by atoms with van der Waals surface area (Å²) in [4.78, 5) is 18.6. The zero-order chi connectivity index (χ0) is 12.9. The van der Waals surface area contributed by atoms with Crippen molar-refractivity contribution in [2.75, 3.05) is 0 Å². The van der Waals surface area contributed by atoms with Crippen LogP contribution in [-0.4, -0.2) is 19.6 Å². The van der Waals surface area contributed by atoms with Gasteiger partial charge in [0.25, 0.3) is 5.56 Å². The molecule has 0 aliphatic heterocycles. The number of hydrogen-bond acceptors (Lipinski definition) is 4. The molecule has 0 spiro atoms. The van der Waals surface area contributed by atoms with E-state index in [-0.39, 0.29) is 21.7 Å². The minimum Gasteiger partial charge on any atom is -0.306 e. The largest absolute Gasteiger partial charge is 0.306 e. The molecule has 0 atom stereocenters.